The lowest BCUT2D eigenvalue weighted by molar-refractivity contribution is -0.143. The number of rotatable bonds is 2. The van der Waals surface area contributed by atoms with Crippen molar-refractivity contribution in [3.8, 4) is 0 Å². The Morgan fingerprint density at radius 3 is 2.64 bits per heavy atom. The molecule has 1 aliphatic rings. The highest BCUT2D eigenvalue weighted by molar-refractivity contribution is 5.20. The monoisotopic (exact) mass is 196 g/mol. The van der Waals surface area contributed by atoms with Gasteiger partial charge in [0.2, 0.25) is 5.85 Å². The summed E-state index contributed by atoms with van der Waals surface area (Å²) in [4.78, 5) is 0. The molecule has 0 bridgehead atoms. The Hall–Kier alpha value is -0.930. The Kier molecular flexibility index (Phi) is 2.52. The van der Waals surface area contributed by atoms with Gasteiger partial charge in [-0.1, -0.05) is 30.3 Å². The van der Waals surface area contributed by atoms with Crippen LogP contribution in [0.4, 0.5) is 4.39 Å². The molecule has 1 fully saturated rings. The Labute approximate surface area is 82.3 Å². The smallest absolute Gasteiger partial charge is 0.238 e. The predicted molar refractivity (Wildman–Crippen MR) is 50.4 cm³/mol. The molecule has 2 rings (SSSR count). The summed E-state index contributed by atoms with van der Waals surface area (Å²) in [5, 5.41) is 9.74. The fraction of sp³-hybridized carbons (Fsp3) is 0.455. The number of ether oxygens (including phenoxy) is 1. The van der Waals surface area contributed by atoms with E-state index in [1.54, 1.807) is 30.3 Å². The van der Waals surface area contributed by atoms with Gasteiger partial charge in [0.05, 0.1) is 6.61 Å². The van der Waals surface area contributed by atoms with Crippen LogP contribution in [0.15, 0.2) is 30.3 Å². The average Bonchev–Trinajstić information content (AvgIpc) is 2.72. The van der Waals surface area contributed by atoms with Crippen LogP contribution < -0.4 is 0 Å². The van der Waals surface area contributed by atoms with Crippen molar-refractivity contribution in [1.82, 2.24) is 0 Å². The first-order valence-electron chi connectivity index (χ1n) is 4.76. The van der Waals surface area contributed by atoms with Crippen LogP contribution in [0.1, 0.15) is 12.0 Å². The molecule has 76 valence electrons. The summed E-state index contributed by atoms with van der Waals surface area (Å²) in [5.41, 5.74) is 0.315. The van der Waals surface area contributed by atoms with Gasteiger partial charge >= 0.3 is 0 Å². The molecule has 0 radical (unpaired) electrons. The highest BCUT2D eigenvalue weighted by atomic mass is 19.2. The van der Waals surface area contributed by atoms with Crippen molar-refractivity contribution < 1.29 is 14.2 Å². The van der Waals surface area contributed by atoms with Gasteiger partial charge in [0, 0.05) is 18.1 Å². The number of alkyl halides is 1. The van der Waals surface area contributed by atoms with E-state index in [1.165, 1.54) is 0 Å². The molecule has 0 aliphatic carbocycles. The lowest BCUT2D eigenvalue weighted by Gasteiger charge is -2.24. The predicted octanol–water partition coefficient (Wildman–Crippen LogP) is 1.84. The minimum atomic E-state index is -2.25. The molecule has 0 amide bonds. The Balaban J connectivity index is 2.22. The van der Waals surface area contributed by atoms with Gasteiger partial charge in [0.15, 0.2) is 0 Å². The van der Waals surface area contributed by atoms with E-state index in [4.69, 9.17) is 4.74 Å². The third kappa shape index (κ3) is 1.65. The fourth-order valence-electron chi connectivity index (χ4n) is 1.74. The van der Waals surface area contributed by atoms with Gasteiger partial charge in [-0.25, -0.2) is 4.39 Å². The van der Waals surface area contributed by atoms with Gasteiger partial charge in [-0.15, -0.1) is 0 Å². The van der Waals surface area contributed by atoms with Gasteiger partial charge in [-0.3, -0.25) is 0 Å². The van der Waals surface area contributed by atoms with Crippen LogP contribution in [-0.2, 0) is 10.6 Å². The molecule has 1 aliphatic heterocycles. The molecule has 1 N–H and O–H groups in total. The van der Waals surface area contributed by atoms with Crippen molar-refractivity contribution in [2.45, 2.75) is 12.3 Å². The van der Waals surface area contributed by atoms with Crippen LogP contribution in [0, 0.1) is 5.92 Å². The molecule has 0 saturated carbocycles. The van der Waals surface area contributed by atoms with Crippen LogP contribution in [0.3, 0.4) is 0 Å². The summed E-state index contributed by atoms with van der Waals surface area (Å²) in [6, 6.07) is 8.42. The van der Waals surface area contributed by atoms with Crippen LogP contribution in [0.5, 0.6) is 0 Å². The minimum absolute atomic E-state index is 0.294. The van der Waals surface area contributed by atoms with Crippen molar-refractivity contribution in [3.05, 3.63) is 35.9 Å². The molecule has 1 saturated heterocycles. The van der Waals surface area contributed by atoms with E-state index >= 15 is 0 Å². The van der Waals surface area contributed by atoms with Crippen LogP contribution >= 0.6 is 0 Å². The number of aliphatic hydroxyl groups is 1. The average molecular weight is 196 g/mol. The lowest BCUT2D eigenvalue weighted by Crippen LogP contribution is -2.30. The second kappa shape index (κ2) is 3.67. The molecule has 1 heterocycles. The van der Waals surface area contributed by atoms with E-state index in [0.717, 1.165) is 0 Å². The quantitative estimate of drug-likeness (QED) is 0.782. The number of hydrogen-bond acceptors (Lipinski definition) is 2. The molecule has 1 aromatic rings. The second-order valence-corrected chi connectivity index (χ2v) is 3.60. The summed E-state index contributed by atoms with van der Waals surface area (Å²) in [5.74, 6) is -2.69. The molecule has 2 nitrogen and oxygen atoms in total. The second-order valence-electron chi connectivity index (χ2n) is 3.60. The van der Waals surface area contributed by atoms with Crippen LogP contribution in [-0.4, -0.2) is 18.3 Å². The Bertz CT molecular complexity index is 291. The fourth-order valence-corrected chi connectivity index (χ4v) is 1.74. The highest BCUT2D eigenvalue weighted by Gasteiger charge is 2.40. The van der Waals surface area contributed by atoms with E-state index in [1.807, 2.05) is 0 Å². The first-order valence-corrected chi connectivity index (χ1v) is 4.76. The molecule has 3 heteroatoms. The number of halogens is 1. The summed E-state index contributed by atoms with van der Waals surface area (Å²) in [6.45, 7) is 0.825. The van der Waals surface area contributed by atoms with Gasteiger partial charge in [-0.05, 0) is 6.42 Å². The van der Waals surface area contributed by atoms with Crippen molar-refractivity contribution in [3.63, 3.8) is 0 Å². The summed E-state index contributed by atoms with van der Waals surface area (Å²) in [6.07, 6.45) is 0.571. The first-order chi connectivity index (χ1) is 6.71. The third-order valence-corrected chi connectivity index (χ3v) is 2.65. The zero-order chi connectivity index (χ0) is 10.0. The van der Waals surface area contributed by atoms with E-state index < -0.39 is 11.8 Å². The zero-order valence-electron chi connectivity index (χ0n) is 7.82. The van der Waals surface area contributed by atoms with Gasteiger partial charge < -0.3 is 9.84 Å². The topological polar surface area (TPSA) is 29.5 Å². The first kappa shape index (κ1) is 9.62. The summed E-state index contributed by atoms with van der Waals surface area (Å²) in [7, 11) is 0. The molecule has 2 atom stereocenters. The molecule has 14 heavy (non-hydrogen) atoms. The van der Waals surface area contributed by atoms with E-state index in [0.29, 0.717) is 25.2 Å². The maximum atomic E-state index is 14.0. The normalized spacial score (nSPS) is 26.0. The Morgan fingerprint density at radius 1 is 1.36 bits per heavy atom. The largest absolute Gasteiger partial charge is 0.381 e. The molecular formula is C11H13FO2. The lowest BCUT2D eigenvalue weighted by atomic mass is 9.93. The van der Waals surface area contributed by atoms with Gasteiger partial charge in [-0.2, -0.15) is 0 Å². The van der Waals surface area contributed by atoms with Crippen LogP contribution in [0.25, 0.3) is 0 Å². The molecule has 1 aromatic carbocycles. The van der Waals surface area contributed by atoms with Crippen molar-refractivity contribution >= 4 is 0 Å². The molecule has 0 spiro atoms. The molecule has 2 unspecified atom stereocenters. The molecule has 0 aromatic heterocycles. The van der Waals surface area contributed by atoms with Crippen LogP contribution in [0.2, 0.25) is 0 Å². The SMILES string of the molecule is OC(F)(c1ccccc1)C1CCOC1. The number of benzene rings is 1. The highest BCUT2D eigenvalue weighted by Crippen LogP contribution is 2.35. The van der Waals surface area contributed by atoms with E-state index in [9.17, 15) is 9.50 Å². The Morgan fingerprint density at radius 2 is 2.07 bits per heavy atom. The van der Waals surface area contributed by atoms with E-state index in [2.05, 4.69) is 0 Å². The summed E-state index contributed by atoms with van der Waals surface area (Å²) >= 11 is 0. The maximum absolute atomic E-state index is 14.0. The van der Waals surface area contributed by atoms with Crippen molar-refractivity contribution in [2.24, 2.45) is 5.92 Å². The summed E-state index contributed by atoms with van der Waals surface area (Å²) < 4.78 is 19.1. The van der Waals surface area contributed by atoms with E-state index in [-0.39, 0.29) is 0 Å². The van der Waals surface area contributed by atoms with Gasteiger partial charge in [0.25, 0.3) is 0 Å². The zero-order valence-corrected chi connectivity index (χ0v) is 7.82. The maximum Gasteiger partial charge on any atom is 0.238 e. The van der Waals surface area contributed by atoms with Crippen molar-refractivity contribution in [2.75, 3.05) is 13.2 Å². The number of hydrogen-bond donors (Lipinski definition) is 1. The van der Waals surface area contributed by atoms with Gasteiger partial charge in [0.1, 0.15) is 0 Å². The van der Waals surface area contributed by atoms with Crippen molar-refractivity contribution in [1.29, 1.82) is 0 Å². The minimum Gasteiger partial charge on any atom is -0.381 e. The standard InChI is InChI=1S/C11H13FO2/c12-11(13,10-6-7-14-8-10)9-4-2-1-3-5-9/h1-5,10,13H,6-8H2. The molecular weight excluding hydrogens is 183 g/mol. The third-order valence-electron chi connectivity index (χ3n) is 2.65.